The predicted molar refractivity (Wildman–Crippen MR) is 82.7 cm³/mol. The van der Waals surface area contributed by atoms with Crippen molar-refractivity contribution in [2.45, 2.75) is 30.9 Å². The Kier molecular flexibility index (Phi) is 4.79. The molecule has 1 aromatic carbocycles. The normalized spacial score (nSPS) is 32.1. The van der Waals surface area contributed by atoms with E-state index in [-0.39, 0.29) is 24.1 Å². The summed E-state index contributed by atoms with van der Waals surface area (Å²) in [5.41, 5.74) is 0. The van der Waals surface area contributed by atoms with Gasteiger partial charge >= 0.3 is 131 Å². The number of rotatable bonds is 4. The fraction of sp³-hybridized carbons (Fsp3) is 0.471. The number of carbonyl (C=O) groups is 1. The van der Waals surface area contributed by atoms with Crippen LogP contribution in [0.2, 0.25) is 5.32 Å². The van der Waals surface area contributed by atoms with Crippen LogP contribution in [0, 0.1) is 11.8 Å². The zero-order valence-corrected chi connectivity index (χ0v) is 13.8. The molecule has 2 aliphatic heterocycles. The van der Waals surface area contributed by atoms with E-state index in [0.29, 0.717) is 27.5 Å². The zero-order chi connectivity index (χ0) is 14.7. The molecule has 3 nitrogen and oxygen atoms in total. The maximum atomic E-state index is 11.8. The fourth-order valence-electron chi connectivity index (χ4n) is 3.07. The van der Waals surface area contributed by atoms with Crippen LogP contribution in [0.1, 0.15) is 13.3 Å². The first-order valence-corrected chi connectivity index (χ1v) is 9.47. The third kappa shape index (κ3) is 3.39. The Morgan fingerprint density at radius 1 is 1.33 bits per heavy atom. The number of fused-ring (bicyclic) bond motifs is 1. The monoisotopic (exact) mass is 352 g/mol. The molecule has 2 fully saturated rings. The van der Waals surface area contributed by atoms with Crippen LogP contribution in [0.3, 0.4) is 0 Å². The molecule has 1 aromatic rings. The first-order chi connectivity index (χ1) is 10.3. The van der Waals surface area contributed by atoms with Crippen molar-refractivity contribution in [2.24, 2.45) is 11.8 Å². The van der Waals surface area contributed by atoms with E-state index in [1.165, 1.54) is 4.46 Å². The fourth-order valence-corrected chi connectivity index (χ4v) is 5.04. The molecule has 0 bridgehead atoms. The van der Waals surface area contributed by atoms with E-state index < -0.39 is 0 Å². The summed E-state index contributed by atoms with van der Waals surface area (Å²) in [7, 11) is 0. The minimum absolute atomic E-state index is 0.0879. The van der Waals surface area contributed by atoms with Crippen LogP contribution in [0.15, 0.2) is 42.5 Å². The molecule has 0 aromatic heterocycles. The van der Waals surface area contributed by atoms with Crippen molar-refractivity contribution in [1.29, 1.82) is 0 Å². The molecule has 0 spiro atoms. The molecular formula is C17H20O3Se. The summed E-state index contributed by atoms with van der Waals surface area (Å²) in [6, 6.07) is 10.6. The maximum absolute atomic E-state index is 11.8. The van der Waals surface area contributed by atoms with Crippen molar-refractivity contribution < 1.29 is 14.3 Å². The van der Waals surface area contributed by atoms with Gasteiger partial charge in [-0.05, 0) is 0 Å². The average molecular weight is 351 g/mol. The van der Waals surface area contributed by atoms with E-state index in [9.17, 15) is 4.79 Å². The van der Waals surface area contributed by atoms with E-state index in [2.05, 4.69) is 24.3 Å². The molecule has 0 amide bonds. The number of esters is 1. The Labute approximate surface area is 131 Å². The van der Waals surface area contributed by atoms with Crippen LogP contribution in [0.25, 0.3) is 0 Å². The second-order valence-corrected chi connectivity index (χ2v) is 7.82. The summed E-state index contributed by atoms with van der Waals surface area (Å²) < 4.78 is 12.8. The summed E-state index contributed by atoms with van der Waals surface area (Å²) >= 11 is 0.419. The van der Waals surface area contributed by atoms with Gasteiger partial charge in [-0.3, -0.25) is 0 Å². The third-order valence-electron chi connectivity index (χ3n) is 4.05. The molecule has 3 rings (SSSR count). The second-order valence-electron chi connectivity index (χ2n) is 5.52. The summed E-state index contributed by atoms with van der Waals surface area (Å²) in [6.45, 7) is 2.53. The molecule has 4 heteroatoms. The van der Waals surface area contributed by atoms with Crippen LogP contribution in [0.4, 0.5) is 0 Å². The Bertz CT molecular complexity index is 514. The number of allylic oxidation sites excluding steroid dienone is 1. The molecule has 0 N–H and O–H groups in total. The van der Waals surface area contributed by atoms with Gasteiger partial charge in [0, 0.05) is 0 Å². The van der Waals surface area contributed by atoms with Gasteiger partial charge in [0.25, 0.3) is 0 Å². The van der Waals surface area contributed by atoms with Crippen LogP contribution in [-0.2, 0) is 14.3 Å². The molecule has 0 saturated carbocycles. The second kappa shape index (κ2) is 6.78. The van der Waals surface area contributed by atoms with Crippen molar-refractivity contribution >= 4 is 25.4 Å². The molecule has 2 saturated heterocycles. The van der Waals surface area contributed by atoms with Crippen molar-refractivity contribution in [3.05, 3.63) is 42.5 Å². The number of hydrogen-bond acceptors (Lipinski definition) is 3. The van der Waals surface area contributed by atoms with Gasteiger partial charge in [-0.1, -0.05) is 0 Å². The molecule has 0 radical (unpaired) electrons. The Balaban J connectivity index is 1.63. The van der Waals surface area contributed by atoms with Crippen molar-refractivity contribution in [2.75, 3.05) is 6.61 Å². The third-order valence-corrected chi connectivity index (χ3v) is 6.45. The molecular weight excluding hydrogens is 331 g/mol. The molecule has 2 aliphatic rings. The molecule has 0 aliphatic carbocycles. The van der Waals surface area contributed by atoms with Crippen LogP contribution in [0.5, 0.6) is 0 Å². The van der Waals surface area contributed by atoms with Gasteiger partial charge in [0.05, 0.1) is 0 Å². The van der Waals surface area contributed by atoms with Crippen LogP contribution in [-0.4, -0.2) is 39.7 Å². The quantitative estimate of drug-likeness (QED) is 0.473. The Hall–Kier alpha value is -1.09. The van der Waals surface area contributed by atoms with E-state index in [0.717, 1.165) is 11.7 Å². The van der Waals surface area contributed by atoms with E-state index in [1.807, 2.05) is 25.1 Å². The van der Waals surface area contributed by atoms with Gasteiger partial charge in [0.2, 0.25) is 0 Å². The van der Waals surface area contributed by atoms with Gasteiger partial charge in [-0.25, -0.2) is 0 Å². The number of cyclic esters (lactones) is 1. The number of benzene rings is 1. The standard InChI is InChI=1S/C17H20O3Se/c1-2-6-15-16-12(10-19-17(16)18)9-13(20-15)11-21-14-7-4-3-5-8-14/h2-8,12-13,15-16H,9-11H2,1H3/b6-2+/t12-,13?,15-,16-/m0/s1. The summed E-state index contributed by atoms with van der Waals surface area (Å²) in [5.74, 6) is 0.140. The first kappa shape index (κ1) is 14.8. The summed E-state index contributed by atoms with van der Waals surface area (Å²) in [5, 5.41) is 1.06. The summed E-state index contributed by atoms with van der Waals surface area (Å²) in [6.07, 6.45) is 5.05. The molecule has 4 atom stereocenters. The molecule has 21 heavy (non-hydrogen) atoms. The zero-order valence-electron chi connectivity index (χ0n) is 12.1. The summed E-state index contributed by atoms with van der Waals surface area (Å²) in [4.78, 5) is 11.8. The SMILES string of the molecule is C/C=C/[C@@H]1OC(C[Se]c2ccccc2)C[C@H]2COC(=O)[C@@H]21. The predicted octanol–water partition coefficient (Wildman–Crippen LogP) is 1.96. The van der Waals surface area contributed by atoms with Gasteiger partial charge in [-0.15, -0.1) is 0 Å². The molecule has 2 heterocycles. The Morgan fingerprint density at radius 2 is 2.14 bits per heavy atom. The van der Waals surface area contributed by atoms with E-state index in [1.54, 1.807) is 0 Å². The van der Waals surface area contributed by atoms with Gasteiger partial charge in [0.1, 0.15) is 0 Å². The first-order valence-electron chi connectivity index (χ1n) is 7.40. The molecule has 1 unspecified atom stereocenters. The van der Waals surface area contributed by atoms with E-state index >= 15 is 0 Å². The Morgan fingerprint density at radius 3 is 2.90 bits per heavy atom. The van der Waals surface area contributed by atoms with Crippen LogP contribution >= 0.6 is 0 Å². The minimum atomic E-state index is -0.111. The van der Waals surface area contributed by atoms with Gasteiger partial charge in [-0.2, -0.15) is 0 Å². The van der Waals surface area contributed by atoms with Gasteiger partial charge in [0.15, 0.2) is 0 Å². The topological polar surface area (TPSA) is 35.5 Å². The molecule has 112 valence electrons. The van der Waals surface area contributed by atoms with Crippen molar-refractivity contribution in [3.8, 4) is 0 Å². The number of ether oxygens (including phenoxy) is 2. The van der Waals surface area contributed by atoms with Crippen LogP contribution < -0.4 is 4.46 Å². The number of hydrogen-bond donors (Lipinski definition) is 0. The average Bonchev–Trinajstić information content (AvgIpc) is 2.88. The van der Waals surface area contributed by atoms with Crippen molar-refractivity contribution in [3.63, 3.8) is 0 Å². The van der Waals surface area contributed by atoms with E-state index in [4.69, 9.17) is 9.47 Å². The number of carbonyl (C=O) groups excluding carboxylic acids is 1. The van der Waals surface area contributed by atoms with Crippen molar-refractivity contribution in [1.82, 2.24) is 0 Å². The van der Waals surface area contributed by atoms with Gasteiger partial charge < -0.3 is 0 Å².